The molecule has 0 aliphatic heterocycles. The minimum Gasteiger partial charge on any atom is -0.326 e. The van der Waals surface area contributed by atoms with Gasteiger partial charge in [-0.2, -0.15) is 0 Å². The van der Waals surface area contributed by atoms with Crippen LogP contribution in [0.1, 0.15) is 26.3 Å². The van der Waals surface area contributed by atoms with Crippen molar-refractivity contribution in [3.8, 4) is 0 Å². The standard InChI is InChI=1S/C13H20ClFN2O2S/c1-8(2)9(3)7-17-20(18,19)11-4-10(6-16)13(14)12(15)5-11/h4-5,8-9,17H,6-7,16H2,1-3H3. The highest BCUT2D eigenvalue weighted by Crippen LogP contribution is 2.24. The van der Waals surface area contributed by atoms with Crippen molar-refractivity contribution in [3.05, 3.63) is 28.5 Å². The molecule has 1 rings (SSSR count). The predicted molar refractivity (Wildman–Crippen MR) is 78.5 cm³/mol. The lowest BCUT2D eigenvalue weighted by Gasteiger charge is -2.16. The number of benzene rings is 1. The third kappa shape index (κ3) is 4.15. The molecule has 1 aromatic rings. The molecule has 0 saturated heterocycles. The first-order valence-electron chi connectivity index (χ1n) is 6.36. The van der Waals surface area contributed by atoms with Crippen LogP contribution >= 0.6 is 11.6 Å². The fourth-order valence-corrected chi connectivity index (χ4v) is 2.87. The summed E-state index contributed by atoms with van der Waals surface area (Å²) >= 11 is 5.71. The molecule has 0 amide bonds. The molecule has 0 aliphatic carbocycles. The summed E-state index contributed by atoms with van der Waals surface area (Å²) in [7, 11) is -3.76. The zero-order valence-corrected chi connectivity index (χ0v) is 13.4. The number of nitrogens with one attached hydrogen (secondary N) is 1. The molecular formula is C13H20ClFN2O2S. The van der Waals surface area contributed by atoms with Gasteiger partial charge in [0.15, 0.2) is 0 Å². The monoisotopic (exact) mass is 322 g/mol. The highest BCUT2D eigenvalue weighted by Gasteiger charge is 2.19. The van der Waals surface area contributed by atoms with Crippen LogP contribution in [-0.4, -0.2) is 15.0 Å². The van der Waals surface area contributed by atoms with E-state index in [0.29, 0.717) is 12.5 Å². The van der Waals surface area contributed by atoms with Gasteiger partial charge in [-0.25, -0.2) is 17.5 Å². The van der Waals surface area contributed by atoms with Crippen LogP contribution in [0.2, 0.25) is 5.02 Å². The zero-order valence-electron chi connectivity index (χ0n) is 11.8. The first-order valence-corrected chi connectivity index (χ1v) is 8.22. The molecule has 114 valence electrons. The molecule has 0 bridgehead atoms. The number of nitrogens with two attached hydrogens (primary N) is 1. The number of hydrogen-bond acceptors (Lipinski definition) is 3. The van der Waals surface area contributed by atoms with E-state index in [-0.39, 0.29) is 27.9 Å². The Morgan fingerprint density at radius 2 is 1.95 bits per heavy atom. The van der Waals surface area contributed by atoms with Crippen molar-refractivity contribution in [2.45, 2.75) is 32.2 Å². The fraction of sp³-hybridized carbons (Fsp3) is 0.538. The maximum absolute atomic E-state index is 13.6. The van der Waals surface area contributed by atoms with Gasteiger partial charge in [0.2, 0.25) is 10.0 Å². The number of halogens is 2. The van der Waals surface area contributed by atoms with Crippen LogP contribution in [0.5, 0.6) is 0 Å². The van der Waals surface area contributed by atoms with Gasteiger partial charge in [-0.1, -0.05) is 32.4 Å². The van der Waals surface area contributed by atoms with E-state index in [9.17, 15) is 12.8 Å². The van der Waals surface area contributed by atoms with Crippen LogP contribution in [0.4, 0.5) is 4.39 Å². The Hall–Kier alpha value is -0.690. The largest absolute Gasteiger partial charge is 0.326 e. The molecule has 7 heteroatoms. The van der Waals surface area contributed by atoms with Crippen LogP contribution in [0.3, 0.4) is 0 Å². The summed E-state index contributed by atoms with van der Waals surface area (Å²) in [4.78, 5) is -0.157. The fourth-order valence-electron chi connectivity index (χ4n) is 1.48. The molecule has 4 nitrogen and oxygen atoms in total. The van der Waals surface area contributed by atoms with E-state index in [1.807, 2.05) is 20.8 Å². The van der Waals surface area contributed by atoms with Crippen LogP contribution in [0.15, 0.2) is 17.0 Å². The highest BCUT2D eigenvalue weighted by atomic mass is 35.5. The number of sulfonamides is 1. The summed E-state index contributed by atoms with van der Waals surface area (Å²) in [5.74, 6) is -0.262. The van der Waals surface area contributed by atoms with Gasteiger partial charge in [0.1, 0.15) is 5.82 Å². The summed E-state index contributed by atoms with van der Waals surface area (Å²) in [5.41, 5.74) is 5.69. The molecule has 0 radical (unpaired) electrons. The number of rotatable bonds is 6. The van der Waals surface area contributed by atoms with Gasteiger partial charge < -0.3 is 5.73 Å². The van der Waals surface area contributed by atoms with Crippen LogP contribution in [-0.2, 0) is 16.6 Å². The molecule has 0 saturated carbocycles. The minimum atomic E-state index is -3.76. The van der Waals surface area contributed by atoms with Crippen LogP contribution in [0.25, 0.3) is 0 Å². The van der Waals surface area contributed by atoms with Crippen molar-refractivity contribution < 1.29 is 12.8 Å². The Morgan fingerprint density at radius 1 is 1.35 bits per heavy atom. The average Bonchev–Trinajstić information content (AvgIpc) is 2.38. The van der Waals surface area contributed by atoms with E-state index in [4.69, 9.17) is 17.3 Å². The SMILES string of the molecule is CC(C)C(C)CNS(=O)(=O)c1cc(F)c(Cl)c(CN)c1. The second-order valence-electron chi connectivity index (χ2n) is 5.16. The molecule has 20 heavy (non-hydrogen) atoms. The van der Waals surface area contributed by atoms with E-state index in [1.165, 1.54) is 6.07 Å². The average molecular weight is 323 g/mol. The van der Waals surface area contributed by atoms with E-state index in [0.717, 1.165) is 6.07 Å². The minimum absolute atomic E-state index is 0.0263. The third-order valence-corrected chi connectivity index (χ3v) is 5.17. The molecule has 1 atom stereocenters. The summed E-state index contributed by atoms with van der Waals surface area (Å²) in [6, 6.07) is 2.21. The Labute approximate surface area is 124 Å². The summed E-state index contributed by atoms with van der Waals surface area (Å²) in [6.07, 6.45) is 0. The van der Waals surface area contributed by atoms with Gasteiger partial charge in [-0.05, 0) is 29.5 Å². The van der Waals surface area contributed by atoms with Crippen molar-refractivity contribution in [1.29, 1.82) is 0 Å². The molecule has 0 fully saturated rings. The molecular weight excluding hydrogens is 303 g/mol. The molecule has 0 aromatic heterocycles. The molecule has 0 heterocycles. The molecule has 1 unspecified atom stereocenters. The highest BCUT2D eigenvalue weighted by molar-refractivity contribution is 7.89. The lowest BCUT2D eigenvalue weighted by atomic mass is 9.99. The predicted octanol–water partition coefficient (Wildman–Crippen LogP) is 2.51. The van der Waals surface area contributed by atoms with Crippen molar-refractivity contribution in [1.82, 2.24) is 4.72 Å². The molecule has 0 aliphatic rings. The van der Waals surface area contributed by atoms with Crippen molar-refractivity contribution in [2.24, 2.45) is 17.6 Å². The summed E-state index contributed by atoms with van der Waals surface area (Å²) < 4.78 is 40.3. The normalized spacial score (nSPS) is 13.8. The molecule has 3 N–H and O–H groups in total. The zero-order chi connectivity index (χ0) is 15.5. The Bertz CT molecular complexity index is 576. The van der Waals surface area contributed by atoms with Gasteiger partial charge in [-0.3, -0.25) is 0 Å². The van der Waals surface area contributed by atoms with Gasteiger partial charge in [0.25, 0.3) is 0 Å². The lowest BCUT2D eigenvalue weighted by Crippen LogP contribution is -2.30. The van der Waals surface area contributed by atoms with Gasteiger partial charge >= 0.3 is 0 Å². The van der Waals surface area contributed by atoms with Crippen LogP contribution in [0, 0.1) is 17.7 Å². The smallest absolute Gasteiger partial charge is 0.240 e. The maximum Gasteiger partial charge on any atom is 0.240 e. The first kappa shape index (κ1) is 17.4. The third-order valence-electron chi connectivity index (χ3n) is 3.34. The van der Waals surface area contributed by atoms with Crippen molar-refractivity contribution in [3.63, 3.8) is 0 Å². The van der Waals surface area contributed by atoms with Crippen LogP contribution < -0.4 is 10.5 Å². The molecule has 0 spiro atoms. The second kappa shape index (κ2) is 6.85. The van der Waals surface area contributed by atoms with Gasteiger partial charge in [-0.15, -0.1) is 0 Å². The quantitative estimate of drug-likeness (QED) is 0.845. The second-order valence-corrected chi connectivity index (χ2v) is 7.30. The molecule has 1 aromatic carbocycles. The first-order chi connectivity index (χ1) is 9.19. The number of hydrogen-bond donors (Lipinski definition) is 2. The maximum atomic E-state index is 13.6. The lowest BCUT2D eigenvalue weighted by molar-refractivity contribution is 0.414. The Balaban J connectivity index is 3.01. The van der Waals surface area contributed by atoms with E-state index >= 15 is 0 Å². The van der Waals surface area contributed by atoms with E-state index in [2.05, 4.69) is 4.72 Å². The van der Waals surface area contributed by atoms with Crippen molar-refractivity contribution in [2.75, 3.05) is 6.54 Å². The Morgan fingerprint density at radius 3 is 2.45 bits per heavy atom. The Kier molecular flexibility index (Phi) is 5.94. The van der Waals surface area contributed by atoms with Gasteiger partial charge in [0.05, 0.1) is 9.92 Å². The topological polar surface area (TPSA) is 72.2 Å². The van der Waals surface area contributed by atoms with Crippen molar-refractivity contribution >= 4 is 21.6 Å². The van der Waals surface area contributed by atoms with E-state index < -0.39 is 15.8 Å². The summed E-state index contributed by atoms with van der Waals surface area (Å²) in [5, 5.41) is -0.137. The van der Waals surface area contributed by atoms with Gasteiger partial charge in [0, 0.05) is 13.1 Å². The summed E-state index contributed by atoms with van der Waals surface area (Å²) in [6.45, 7) is 6.23. The van der Waals surface area contributed by atoms with E-state index in [1.54, 1.807) is 0 Å².